The predicted octanol–water partition coefficient (Wildman–Crippen LogP) is 4.89. The maximum absolute atomic E-state index is 13.5. The Bertz CT molecular complexity index is 2380. The van der Waals surface area contributed by atoms with Gasteiger partial charge in [0.2, 0.25) is 17.7 Å². The number of para-hydroxylation sites is 1. The molecule has 3 aliphatic heterocycles. The summed E-state index contributed by atoms with van der Waals surface area (Å²) in [5, 5.41) is 26.7. The van der Waals surface area contributed by atoms with E-state index in [-0.39, 0.29) is 91.2 Å². The molecule has 0 radical (unpaired) electrons. The lowest BCUT2D eigenvalue weighted by Gasteiger charge is -2.26. The topological polar surface area (TPSA) is 247 Å². The highest BCUT2D eigenvalue weighted by atomic mass is 32.2. The standard InChI is InChI=1S/C50H63N7O13S/c1-34(70-50(62)53-20-19-47(60)56-32-37-12-4-3-10-35(37)17-18-36-11-5-6-13-40(36)56)38-30-42(65-2)43(31-41(38)57(63)64)69-23-9-16-46(59)52-22-25-67-27-29-68-28-26-66-24-21-51-45(58)15-8-7-14-44-48-39(33-71-44)54-49(61)55-48/h3-6,10-13,30-31,34,39,44,48H,7-9,14-16,19-29,32-33H2,1-2H3,(H,51,58)(H,52,59)(H,53,62)(H2,54,55,61)/t34?,39-,44-,48-/m1/s1. The highest BCUT2D eigenvalue weighted by molar-refractivity contribution is 8.00. The van der Waals surface area contributed by atoms with Gasteiger partial charge in [-0.25, -0.2) is 9.59 Å². The lowest BCUT2D eigenvalue weighted by molar-refractivity contribution is -0.386. The summed E-state index contributed by atoms with van der Waals surface area (Å²) in [5.41, 5.74) is 2.80. The molecule has 71 heavy (non-hydrogen) atoms. The Labute approximate surface area is 417 Å². The van der Waals surface area contributed by atoms with Crippen LogP contribution in [0.25, 0.3) is 0 Å². The van der Waals surface area contributed by atoms with Gasteiger partial charge in [-0.1, -0.05) is 48.6 Å². The van der Waals surface area contributed by atoms with Gasteiger partial charge in [0.05, 0.1) is 94.2 Å². The van der Waals surface area contributed by atoms with Gasteiger partial charge in [-0.3, -0.25) is 24.5 Å². The van der Waals surface area contributed by atoms with Crippen LogP contribution in [0.2, 0.25) is 0 Å². The molecule has 21 heteroatoms. The largest absolute Gasteiger partial charge is 0.493 e. The third kappa shape index (κ3) is 16.8. The van der Waals surface area contributed by atoms with E-state index in [0.29, 0.717) is 82.0 Å². The maximum Gasteiger partial charge on any atom is 0.407 e. The number of rotatable bonds is 29. The molecule has 2 saturated heterocycles. The summed E-state index contributed by atoms with van der Waals surface area (Å²) in [7, 11) is 1.37. The van der Waals surface area contributed by atoms with E-state index in [1.54, 1.807) is 4.90 Å². The minimum atomic E-state index is -1.08. The summed E-state index contributed by atoms with van der Waals surface area (Å²) < 4.78 is 33.3. The Kier molecular flexibility index (Phi) is 21.4. The number of unbranched alkanes of at least 4 members (excludes halogenated alkanes) is 1. The second-order valence-electron chi connectivity index (χ2n) is 16.8. The third-order valence-electron chi connectivity index (χ3n) is 11.8. The van der Waals surface area contributed by atoms with E-state index in [9.17, 15) is 34.1 Å². The number of methoxy groups -OCH3 is 1. The van der Waals surface area contributed by atoms with Crippen molar-refractivity contribution in [2.24, 2.45) is 0 Å². The van der Waals surface area contributed by atoms with Crippen molar-refractivity contribution in [2.45, 2.75) is 81.9 Å². The first kappa shape index (κ1) is 53.7. The number of fused-ring (bicyclic) bond motifs is 3. The van der Waals surface area contributed by atoms with E-state index in [1.165, 1.54) is 26.2 Å². The van der Waals surface area contributed by atoms with Crippen LogP contribution in [-0.4, -0.2) is 131 Å². The number of carbonyl (C=O) groups is 5. The number of urea groups is 1. The van der Waals surface area contributed by atoms with Crippen LogP contribution in [0.5, 0.6) is 11.5 Å². The highest BCUT2D eigenvalue weighted by Crippen LogP contribution is 2.39. The summed E-state index contributed by atoms with van der Waals surface area (Å²) in [5.74, 6) is 7.06. The number of ether oxygens (including phenoxy) is 6. The molecule has 3 aromatic carbocycles. The van der Waals surface area contributed by atoms with Crippen molar-refractivity contribution in [3.8, 4) is 23.3 Å². The Balaban J connectivity index is 0.782. The molecule has 0 spiro atoms. The minimum Gasteiger partial charge on any atom is -0.493 e. The molecule has 3 aliphatic rings. The summed E-state index contributed by atoms with van der Waals surface area (Å²) in [6, 6.07) is 17.9. The van der Waals surface area contributed by atoms with Crippen LogP contribution >= 0.6 is 11.8 Å². The SMILES string of the molecule is COc1cc(C(C)OC(=O)NCCC(=O)N2Cc3ccccc3C#Cc3ccccc32)c([N+](=O)[O-])cc1OCCCC(=O)NCCOCCOCCOCCNC(=O)CCCC[C@H]1SC[C@H]2NC(=O)N[C@H]21. The first-order chi connectivity index (χ1) is 34.5. The molecule has 3 heterocycles. The van der Waals surface area contributed by atoms with Crippen molar-refractivity contribution in [1.82, 2.24) is 26.6 Å². The zero-order valence-electron chi connectivity index (χ0n) is 40.1. The molecule has 20 nitrogen and oxygen atoms in total. The molecular weight excluding hydrogens is 939 g/mol. The third-order valence-corrected chi connectivity index (χ3v) is 13.3. The van der Waals surface area contributed by atoms with E-state index < -0.39 is 17.1 Å². The number of nitro benzene ring substituents is 1. The van der Waals surface area contributed by atoms with Crippen molar-refractivity contribution >= 4 is 53.0 Å². The van der Waals surface area contributed by atoms with Gasteiger partial charge in [0, 0.05) is 61.0 Å². The zero-order chi connectivity index (χ0) is 50.4. The average Bonchev–Trinajstić information content (AvgIpc) is 3.92. The molecule has 2 fully saturated rings. The molecule has 5 N–H and O–H groups in total. The van der Waals surface area contributed by atoms with E-state index in [4.69, 9.17) is 28.4 Å². The number of hydrogen-bond acceptors (Lipinski definition) is 14. The molecule has 382 valence electrons. The minimum absolute atomic E-state index is 0.00195. The van der Waals surface area contributed by atoms with E-state index in [0.717, 1.165) is 36.1 Å². The van der Waals surface area contributed by atoms with Crippen molar-refractivity contribution < 1.29 is 57.3 Å². The molecule has 6 rings (SSSR count). The average molecular weight is 1000 g/mol. The van der Waals surface area contributed by atoms with Crippen LogP contribution in [0.4, 0.5) is 21.0 Å². The Hall–Kier alpha value is -6.60. The second-order valence-corrected chi connectivity index (χ2v) is 18.1. The van der Waals surface area contributed by atoms with Crippen LogP contribution < -0.4 is 41.0 Å². The number of amides is 6. The van der Waals surface area contributed by atoms with Crippen LogP contribution in [0.3, 0.4) is 0 Å². The number of nitrogens with zero attached hydrogens (tertiary/aromatic N) is 2. The first-order valence-corrected chi connectivity index (χ1v) is 24.9. The second kappa shape index (κ2) is 28.3. The number of nitro groups is 1. The van der Waals surface area contributed by atoms with E-state index >= 15 is 0 Å². The number of benzene rings is 3. The van der Waals surface area contributed by atoms with Crippen molar-refractivity contribution in [2.75, 3.05) is 83.6 Å². The van der Waals surface area contributed by atoms with Gasteiger partial charge in [-0.2, -0.15) is 11.8 Å². The van der Waals surface area contributed by atoms with Crippen LogP contribution in [0.1, 0.15) is 80.2 Å². The Morgan fingerprint density at radius 2 is 1.46 bits per heavy atom. The fourth-order valence-corrected chi connectivity index (χ4v) is 9.68. The number of anilines is 1. The van der Waals surface area contributed by atoms with Gasteiger partial charge >= 0.3 is 12.1 Å². The predicted molar refractivity (Wildman–Crippen MR) is 264 cm³/mol. The lowest BCUT2D eigenvalue weighted by atomic mass is 10.0. The monoisotopic (exact) mass is 1000 g/mol. The molecular formula is C50H63N7O13S. The summed E-state index contributed by atoms with van der Waals surface area (Å²) in [6.45, 7) is 4.62. The van der Waals surface area contributed by atoms with Gasteiger partial charge in [-0.15, -0.1) is 0 Å². The Morgan fingerprint density at radius 1 is 0.803 bits per heavy atom. The number of hydrogen-bond donors (Lipinski definition) is 5. The van der Waals surface area contributed by atoms with Crippen LogP contribution in [0, 0.1) is 22.0 Å². The van der Waals surface area contributed by atoms with Gasteiger partial charge in [-0.05, 0) is 56.0 Å². The van der Waals surface area contributed by atoms with Crippen molar-refractivity contribution in [3.63, 3.8) is 0 Å². The molecule has 6 amide bonds. The molecule has 3 aromatic rings. The first-order valence-electron chi connectivity index (χ1n) is 23.9. The van der Waals surface area contributed by atoms with Gasteiger partial charge in [0.1, 0.15) is 6.10 Å². The Morgan fingerprint density at radius 3 is 2.18 bits per heavy atom. The molecule has 0 aliphatic carbocycles. The molecule has 1 unspecified atom stereocenters. The normalized spacial score (nSPS) is 16.8. The van der Waals surface area contributed by atoms with Crippen LogP contribution in [-0.2, 0) is 39.9 Å². The zero-order valence-corrected chi connectivity index (χ0v) is 40.9. The number of carbonyl (C=O) groups excluding carboxylic acids is 5. The summed E-state index contributed by atoms with van der Waals surface area (Å²) in [6.07, 6.45) is 1.63. The fraction of sp³-hybridized carbons (Fsp3) is 0.500. The van der Waals surface area contributed by atoms with Crippen LogP contribution in [0.15, 0.2) is 60.7 Å². The van der Waals surface area contributed by atoms with Crippen molar-refractivity contribution in [3.05, 3.63) is 93.0 Å². The van der Waals surface area contributed by atoms with Crippen molar-refractivity contribution in [1.29, 1.82) is 0 Å². The fourth-order valence-electron chi connectivity index (χ4n) is 8.13. The number of thioether (sulfide) groups is 1. The van der Waals surface area contributed by atoms with E-state index in [1.807, 2.05) is 60.3 Å². The van der Waals surface area contributed by atoms with Gasteiger partial charge < -0.3 is 59.9 Å². The number of nitrogens with one attached hydrogen (secondary N) is 5. The maximum atomic E-state index is 13.5. The molecule has 4 atom stereocenters. The summed E-state index contributed by atoms with van der Waals surface area (Å²) >= 11 is 1.88. The highest BCUT2D eigenvalue weighted by Gasteiger charge is 2.42. The number of alkyl carbamates (subject to hydrolysis) is 1. The smallest absolute Gasteiger partial charge is 0.407 e. The van der Waals surface area contributed by atoms with Gasteiger partial charge in [0.15, 0.2) is 11.5 Å². The van der Waals surface area contributed by atoms with Gasteiger partial charge in [0.25, 0.3) is 5.69 Å². The quantitative estimate of drug-likeness (QED) is 0.0204. The molecule has 0 saturated carbocycles. The summed E-state index contributed by atoms with van der Waals surface area (Å²) in [4.78, 5) is 75.6. The molecule has 0 bridgehead atoms. The molecule has 0 aromatic heterocycles. The van der Waals surface area contributed by atoms with E-state index in [2.05, 4.69) is 38.4 Å². The lowest BCUT2D eigenvalue weighted by Crippen LogP contribution is -2.36.